The van der Waals surface area contributed by atoms with Crippen molar-refractivity contribution in [2.24, 2.45) is 0 Å². The fraction of sp³-hybridized carbons (Fsp3) is 0.389. The number of likely N-dealkylation sites (N-methyl/N-ethyl adjacent to an activating group) is 1. The van der Waals surface area contributed by atoms with Crippen LogP contribution < -0.4 is 10.0 Å². The SMILES string of the molecule is CNS(=O)(=O)c1ccc(CCC(=O)NCC(c2cccs2)N(C)C)cc1. The van der Waals surface area contributed by atoms with Crippen molar-refractivity contribution in [3.05, 3.63) is 52.2 Å². The molecular formula is C18H25N3O3S2. The van der Waals surface area contributed by atoms with E-state index in [9.17, 15) is 13.2 Å². The number of carbonyl (C=O) groups is 1. The van der Waals surface area contributed by atoms with Gasteiger partial charge >= 0.3 is 0 Å². The van der Waals surface area contributed by atoms with E-state index in [4.69, 9.17) is 0 Å². The maximum atomic E-state index is 12.2. The highest BCUT2D eigenvalue weighted by Gasteiger charge is 2.16. The van der Waals surface area contributed by atoms with Crippen LogP contribution in [0.1, 0.15) is 22.9 Å². The summed E-state index contributed by atoms with van der Waals surface area (Å²) in [5, 5.41) is 5.02. The number of thiophene rings is 1. The van der Waals surface area contributed by atoms with Crippen LogP contribution in [0.15, 0.2) is 46.7 Å². The van der Waals surface area contributed by atoms with E-state index in [2.05, 4.69) is 21.0 Å². The summed E-state index contributed by atoms with van der Waals surface area (Å²) < 4.78 is 25.7. The fourth-order valence-corrected chi connectivity index (χ4v) is 4.18. The minimum Gasteiger partial charge on any atom is -0.354 e. The minimum absolute atomic E-state index is 0.0136. The standard InChI is InChI=1S/C18H25N3O3S2/c1-19-26(23,24)15-9-6-14(7-10-15)8-11-18(22)20-13-16(21(2)3)17-5-4-12-25-17/h4-7,9-10,12,16,19H,8,11,13H2,1-3H3,(H,20,22). The van der Waals surface area contributed by atoms with Gasteiger partial charge in [-0.3, -0.25) is 4.79 Å². The van der Waals surface area contributed by atoms with Crippen LogP contribution in [0.25, 0.3) is 0 Å². The molecule has 1 unspecified atom stereocenters. The molecule has 0 saturated heterocycles. The zero-order valence-corrected chi connectivity index (χ0v) is 16.9. The average molecular weight is 396 g/mol. The van der Waals surface area contributed by atoms with Gasteiger partial charge in [-0.25, -0.2) is 13.1 Å². The third kappa shape index (κ3) is 5.63. The largest absolute Gasteiger partial charge is 0.354 e. The Morgan fingerprint density at radius 3 is 2.42 bits per heavy atom. The predicted octanol–water partition coefficient (Wildman–Crippen LogP) is 2.01. The maximum absolute atomic E-state index is 12.2. The second-order valence-electron chi connectivity index (χ2n) is 6.15. The van der Waals surface area contributed by atoms with Crippen molar-refractivity contribution in [2.45, 2.75) is 23.8 Å². The van der Waals surface area contributed by atoms with Crippen LogP contribution in [0.4, 0.5) is 0 Å². The van der Waals surface area contributed by atoms with Gasteiger partial charge in [0.25, 0.3) is 0 Å². The van der Waals surface area contributed by atoms with Crippen molar-refractivity contribution in [2.75, 3.05) is 27.7 Å². The summed E-state index contributed by atoms with van der Waals surface area (Å²) in [4.78, 5) is 15.7. The van der Waals surface area contributed by atoms with E-state index >= 15 is 0 Å². The second kappa shape index (κ2) is 9.27. The van der Waals surface area contributed by atoms with Gasteiger partial charge in [0, 0.05) is 17.8 Å². The molecule has 0 aliphatic heterocycles. The van der Waals surface area contributed by atoms with E-state index in [-0.39, 0.29) is 16.8 Å². The van der Waals surface area contributed by atoms with Gasteiger partial charge in [-0.05, 0) is 56.7 Å². The summed E-state index contributed by atoms with van der Waals surface area (Å²) >= 11 is 1.68. The molecule has 8 heteroatoms. The Morgan fingerprint density at radius 1 is 1.19 bits per heavy atom. The number of sulfonamides is 1. The molecule has 0 aliphatic carbocycles. The van der Waals surface area contributed by atoms with Gasteiger partial charge in [0.2, 0.25) is 15.9 Å². The van der Waals surface area contributed by atoms with Crippen LogP contribution >= 0.6 is 11.3 Å². The van der Waals surface area contributed by atoms with E-state index in [0.29, 0.717) is 19.4 Å². The smallest absolute Gasteiger partial charge is 0.240 e. The molecule has 0 bridgehead atoms. The quantitative estimate of drug-likeness (QED) is 0.681. The molecule has 1 amide bonds. The molecule has 0 spiro atoms. The van der Waals surface area contributed by atoms with E-state index in [0.717, 1.165) is 5.56 Å². The Morgan fingerprint density at radius 2 is 1.88 bits per heavy atom. The minimum atomic E-state index is -3.43. The summed E-state index contributed by atoms with van der Waals surface area (Å²) in [6, 6.07) is 10.8. The summed E-state index contributed by atoms with van der Waals surface area (Å²) in [6.45, 7) is 0.561. The summed E-state index contributed by atoms with van der Waals surface area (Å²) in [6.07, 6.45) is 0.931. The predicted molar refractivity (Wildman–Crippen MR) is 105 cm³/mol. The molecule has 0 saturated carbocycles. The highest BCUT2D eigenvalue weighted by Crippen LogP contribution is 2.22. The monoisotopic (exact) mass is 395 g/mol. The molecule has 2 aromatic rings. The molecule has 1 aromatic carbocycles. The lowest BCUT2D eigenvalue weighted by Gasteiger charge is -2.23. The lowest BCUT2D eigenvalue weighted by molar-refractivity contribution is -0.121. The van der Waals surface area contributed by atoms with Gasteiger partial charge in [-0.1, -0.05) is 18.2 Å². The number of carbonyl (C=O) groups excluding carboxylic acids is 1. The number of hydrogen-bond acceptors (Lipinski definition) is 5. The third-order valence-corrected chi connectivity index (χ3v) is 6.53. The molecule has 2 N–H and O–H groups in total. The first-order valence-electron chi connectivity index (χ1n) is 8.32. The van der Waals surface area contributed by atoms with Crippen LogP contribution in [-0.2, 0) is 21.2 Å². The van der Waals surface area contributed by atoms with Crippen molar-refractivity contribution in [1.29, 1.82) is 0 Å². The van der Waals surface area contributed by atoms with E-state index < -0.39 is 10.0 Å². The van der Waals surface area contributed by atoms with Crippen LogP contribution in [0.3, 0.4) is 0 Å². The van der Waals surface area contributed by atoms with Gasteiger partial charge in [0.1, 0.15) is 0 Å². The Hall–Kier alpha value is -1.74. The molecule has 1 aromatic heterocycles. The van der Waals surface area contributed by atoms with Crippen LogP contribution in [0.2, 0.25) is 0 Å². The molecule has 1 heterocycles. The first kappa shape index (κ1) is 20.6. The molecule has 26 heavy (non-hydrogen) atoms. The van der Waals surface area contributed by atoms with Crippen molar-refractivity contribution >= 4 is 27.3 Å². The topological polar surface area (TPSA) is 78.5 Å². The van der Waals surface area contributed by atoms with Gasteiger partial charge in [0.05, 0.1) is 10.9 Å². The number of hydrogen-bond donors (Lipinski definition) is 2. The van der Waals surface area contributed by atoms with E-state index in [1.165, 1.54) is 11.9 Å². The van der Waals surface area contributed by atoms with Crippen molar-refractivity contribution in [3.8, 4) is 0 Å². The maximum Gasteiger partial charge on any atom is 0.240 e. The van der Waals surface area contributed by atoms with Gasteiger partial charge in [0.15, 0.2) is 0 Å². The van der Waals surface area contributed by atoms with Crippen molar-refractivity contribution < 1.29 is 13.2 Å². The zero-order valence-electron chi connectivity index (χ0n) is 15.2. The van der Waals surface area contributed by atoms with Crippen molar-refractivity contribution in [1.82, 2.24) is 14.9 Å². The second-order valence-corrected chi connectivity index (χ2v) is 9.02. The van der Waals surface area contributed by atoms with Crippen LogP contribution in [0.5, 0.6) is 0 Å². The first-order chi connectivity index (χ1) is 12.3. The fourth-order valence-electron chi connectivity index (χ4n) is 2.53. The zero-order chi connectivity index (χ0) is 19.2. The number of nitrogens with one attached hydrogen (secondary N) is 2. The van der Waals surface area contributed by atoms with Gasteiger partial charge in [-0.15, -0.1) is 11.3 Å². The summed E-state index contributed by atoms with van der Waals surface area (Å²) in [5.41, 5.74) is 0.928. The third-order valence-electron chi connectivity index (χ3n) is 4.13. The lowest BCUT2D eigenvalue weighted by atomic mass is 10.1. The molecule has 0 aliphatic rings. The van der Waals surface area contributed by atoms with Crippen LogP contribution in [-0.4, -0.2) is 46.9 Å². The normalized spacial score (nSPS) is 12.9. The molecule has 2 rings (SSSR count). The highest BCUT2D eigenvalue weighted by molar-refractivity contribution is 7.89. The Balaban J connectivity index is 1.85. The Bertz CT molecular complexity index is 801. The lowest BCUT2D eigenvalue weighted by Crippen LogP contribution is -2.34. The summed E-state index contributed by atoms with van der Waals surface area (Å²) in [5.74, 6) is -0.0136. The van der Waals surface area contributed by atoms with Crippen LogP contribution in [0, 0.1) is 0 Å². The molecule has 0 fully saturated rings. The van der Waals surface area contributed by atoms with E-state index in [1.807, 2.05) is 25.5 Å². The summed E-state index contributed by atoms with van der Waals surface area (Å²) in [7, 11) is 1.95. The van der Waals surface area contributed by atoms with Gasteiger partial charge < -0.3 is 10.2 Å². The average Bonchev–Trinajstić information content (AvgIpc) is 3.14. The van der Waals surface area contributed by atoms with Gasteiger partial charge in [-0.2, -0.15) is 0 Å². The van der Waals surface area contributed by atoms with Crippen molar-refractivity contribution in [3.63, 3.8) is 0 Å². The number of rotatable bonds is 9. The number of nitrogens with zero attached hydrogens (tertiary/aromatic N) is 1. The first-order valence-corrected chi connectivity index (χ1v) is 10.7. The Kier molecular flexibility index (Phi) is 7.33. The molecular weight excluding hydrogens is 370 g/mol. The number of benzene rings is 1. The number of aryl methyl sites for hydroxylation is 1. The Labute approximate surface area is 159 Å². The number of amides is 1. The highest BCUT2D eigenvalue weighted by atomic mass is 32.2. The molecule has 0 radical (unpaired) electrons. The molecule has 1 atom stereocenters. The molecule has 142 valence electrons. The van der Waals surface area contributed by atoms with E-state index in [1.54, 1.807) is 35.6 Å². The molecule has 6 nitrogen and oxygen atoms in total.